The fraction of sp³-hybridized carbons (Fsp3) is 0.387. The van der Waals surface area contributed by atoms with E-state index in [1.165, 1.54) is 42.5 Å². The molecule has 5 heteroatoms. The summed E-state index contributed by atoms with van der Waals surface area (Å²) >= 11 is 0. The molecule has 3 rings (SSSR count). The van der Waals surface area contributed by atoms with Gasteiger partial charge in [0.1, 0.15) is 5.82 Å². The van der Waals surface area contributed by atoms with Crippen LogP contribution >= 0.6 is 0 Å². The molecule has 0 spiro atoms. The number of anilines is 1. The Morgan fingerprint density at radius 1 is 1.06 bits per heavy atom. The number of benzene rings is 2. The predicted molar refractivity (Wildman–Crippen MR) is 153 cm³/mol. The van der Waals surface area contributed by atoms with E-state index >= 15 is 0 Å². The molecule has 0 aliphatic heterocycles. The first kappa shape index (κ1) is 29.1. The lowest BCUT2D eigenvalue weighted by atomic mass is 9.91. The average Bonchev–Trinajstić information content (AvgIpc) is 3.15. The van der Waals surface area contributed by atoms with Gasteiger partial charge >= 0.3 is 0 Å². The third-order valence-electron chi connectivity index (χ3n) is 6.77. The second-order valence-corrected chi connectivity index (χ2v) is 9.19. The van der Waals surface area contributed by atoms with Crippen LogP contribution in [0.25, 0.3) is 22.8 Å². The van der Waals surface area contributed by atoms with Crippen molar-refractivity contribution >= 4 is 23.6 Å². The zero-order valence-corrected chi connectivity index (χ0v) is 22.9. The summed E-state index contributed by atoms with van der Waals surface area (Å²) in [6.07, 6.45) is 7.41. The quantitative estimate of drug-likeness (QED) is 0.204. The van der Waals surface area contributed by atoms with Crippen LogP contribution in [0.2, 0.25) is 0 Å². The zero-order valence-electron chi connectivity index (χ0n) is 22.9. The van der Waals surface area contributed by atoms with Gasteiger partial charge in [0.2, 0.25) is 0 Å². The molecule has 2 aromatic carbocycles. The molecule has 4 nitrogen and oxygen atoms in total. The molecule has 0 bridgehead atoms. The van der Waals surface area contributed by atoms with Crippen molar-refractivity contribution in [3.63, 3.8) is 0 Å². The second kappa shape index (κ2) is 14.4. The van der Waals surface area contributed by atoms with Gasteiger partial charge in [0.15, 0.2) is 6.29 Å². The molecule has 0 aliphatic rings. The van der Waals surface area contributed by atoms with Crippen molar-refractivity contribution in [2.45, 2.75) is 53.4 Å². The molecular formula is C31H42FN3O. The Balaban J connectivity index is 0.00000145. The van der Waals surface area contributed by atoms with Gasteiger partial charge < -0.3 is 15.6 Å². The molecule has 194 valence electrons. The fourth-order valence-electron chi connectivity index (χ4n) is 4.67. The smallest absolute Gasteiger partial charge is 0.150 e. The number of hydrogen-bond donors (Lipinski definition) is 3. The molecule has 0 saturated carbocycles. The average molecular weight is 492 g/mol. The number of nitrogens with one attached hydrogen (secondary N) is 3. The van der Waals surface area contributed by atoms with E-state index in [9.17, 15) is 9.18 Å². The number of allylic oxidation sites excluding steroid dienone is 1. The molecule has 0 saturated heterocycles. The van der Waals surface area contributed by atoms with Crippen LogP contribution in [0.15, 0.2) is 42.5 Å². The Kier molecular flexibility index (Phi) is 11.6. The lowest BCUT2D eigenvalue weighted by molar-refractivity contribution is -0.103. The molecule has 0 radical (unpaired) electrons. The summed E-state index contributed by atoms with van der Waals surface area (Å²) in [4.78, 5) is 15.8. The van der Waals surface area contributed by atoms with Crippen molar-refractivity contribution in [2.24, 2.45) is 5.92 Å². The summed E-state index contributed by atoms with van der Waals surface area (Å²) in [6.45, 7) is 8.74. The number of H-pyrrole nitrogens is 1. The van der Waals surface area contributed by atoms with Crippen molar-refractivity contribution in [2.75, 3.05) is 26.5 Å². The Hall–Kier alpha value is -3.18. The highest BCUT2D eigenvalue weighted by Crippen LogP contribution is 2.36. The number of aldehydes is 1. The van der Waals surface area contributed by atoms with Gasteiger partial charge in [-0.25, -0.2) is 4.39 Å². The molecular weight excluding hydrogens is 449 g/mol. The van der Waals surface area contributed by atoms with Gasteiger partial charge in [0, 0.05) is 35.3 Å². The first-order chi connectivity index (χ1) is 17.3. The minimum Gasteiger partial charge on any atom is -0.388 e. The number of aromatic nitrogens is 1. The van der Waals surface area contributed by atoms with Gasteiger partial charge in [0.05, 0.1) is 0 Å². The Labute approximate surface area is 216 Å². The van der Waals surface area contributed by atoms with E-state index < -0.39 is 0 Å². The van der Waals surface area contributed by atoms with Crippen LogP contribution in [0.5, 0.6) is 0 Å². The number of aryl methyl sites for hydroxylation is 1. The van der Waals surface area contributed by atoms with Crippen LogP contribution in [-0.4, -0.2) is 32.4 Å². The number of hydrogen-bond acceptors (Lipinski definition) is 3. The first-order valence-corrected chi connectivity index (χ1v) is 12.8. The van der Waals surface area contributed by atoms with Gasteiger partial charge in [-0.15, -0.1) is 0 Å². The van der Waals surface area contributed by atoms with Crippen LogP contribution in [0.4, 0.5) is 10.1 Å². The van der Waals surface area contributed by atoms with Crippen LogP contribution in [-0.2, 0) is 11.2 Å². The minimum atomic E-state index is -0.303. The van der Waals surface area contributed by atoms with Crippen molar-refractivity contribution < 1.29 is 9.18 Å². The maximum absolute atomic E-state index is 14.0. The number of rotatable bonds is 10. The third-order valence-corrected chi connectivity index (χ3v) is 6.77. The third kappa shape index (κ3) is 7.17. The maximum atomic E-state index is 14.0. The predicted octanol–water partition coefficient (Wildman–Crippen LogP) is 7.42. The standard InChI is InChI=1S/C29H35FN2O.C2H7N/c1-6-21(7-2)14-15-25-19(3)28(32-20(25)4)17-23(18-33)29-26(12-9-13-27(29)31-5)22-10-8-11-24(30)16-22;1-3-2/h8-13,16-18,21,31-32H,6-7,14-15H2,1-5H3;3H,1-2H3/b23-17+;. The van der Waals surface area contributed by atoms with Gasteiger partial charge in [-0.2, -0.15) is 0 Å². The highest BCUT2D eigenvalue weighted by molar-refractivity contribution is 6.17. The topological polar surface area (TPSA) is 56.9 Å². The number of aromatic amines is 1. The largest absolute Gasteiger partial charge is 0.388 e. The fourth-order valence-corrected chi connectivity index (χ4v) is 4.67. The molecule has 0 fully saturated rings. The number of carbonyl (C=O) groups is 1. The Morgan fingerprint density at radius 3 is 2.31 bits per heavy atom. The van der Waals surface area contributed by atoms with Crippen LogP contribution in [0.3, 0.4) is 0 Å². The van der Waals surface area contributed by atoms with Gasteiger partial charge in [0.25, 0.3) is 0 Å². The summed E-state index contributed by atoms with van der Waals surface area (Å²) in [5, 5.41) is 5.94. The summed E-state index contributed by atoms with van der Waals surface area (Å²) in [6, 6.07) is 12.3. The molecule has 1 heterocycles. The SMILES string of the molecule is CCC(CC)CCc1c(C)[nH]c(/C=C(\C=O)c2c(NC)cccc2-c2cccc(F)c2)c1C.CNC. The van der Waals surface area contributed by atoms with Crippen molar-refractivity contribution in [3.8, 4) is 11.1 Å². The highest BCUT2D eigenvalue weighted by Gasteiger charge is 2.17. The van der Waals surface area contributed by atoms with Gasteiger partial charge in [-0.3, -0.25) is 4.79 Å². The van der Waals surface area contributed by atoms with E-state index in [-0.39, 0.29) is 5.82 Å². The number of carbonyl (C=O) groups excluding carboxylic acids is 1. The second-order valence-electron chi connectivity index (χ2n) is 9.19. The normalized spacial score (nSPS) is 11.3. The summed E-state index contributed by atoms with van der Waals surface area (Å²) in [5.41, 5.74) is 8.32. The van der Waals surface area contributed by atoms with Crippen molar-refractivity contribution in [3.05, 3.63) is 76.4 Å². The molecule has 1 aromatic heterocycles. The lowest BCUT2D eigenvalue weighted by Crippen LogP contribution is -2.00. The van der Waals surface area contributed by atoms with E-state index in [1.807, 2.05) is 51.5 Å². The summed E-state index contributed by atoms with van der Waals surface area (Å²) < 4.78 is 14.0. The van der Waals surface area contributed by atoms with Crippen molar-refractivity contribution in [1.29, 1.82) is 0 Å². The van der Waals surface area contributed by atoms with Crippen LogP contribution in [0.1, 0.15) is 61.2 Å². The van der Waals surface area contributed by atoms with E-state index in [1.54, 1.807) is 6.07 Å². The van der Waals surface area contributed by atoms with E-state index in [2.05, 4.69) is 43.3 Å². The zero-order chi connectivity index (χ0) is 26.7. The van der Waals surface area contributed by atoms with Crippen LogP contribution < -0.4 is 10.6 Å². The Morgan fingerprint density at radius 2 is 1.72 bits per heavy atom. The van der Waals surface area contributed by atoms with E-state index in [0.717, 1.165) is 52.4 Å². The van der Waals surface area contributed by atoms with Crippen molar-refractivity contribution in [1.82, 2.24) is 10.3 Å². The van der Waals surface area contributed by atoms with Gasteiger partial charge in [-0.05, 0) is 93.2 Å². The molecule has 0 unspecified atom stereocenters. The minimum absolute atomic E-state index is 0.303. The van der Waals surface area contributed by atoms with Crippen LogP contribution in [0, 0.1) is 25.6 Å². The Bertz CT molecular complexity index is 1160. The molecule has 3 aromatic rings. The van der Waals surface area contributed by atoms with E-state index in [4.69, 9.17) is 0 Å². The summed E-state index contributed by atoms with van der Waals surface area (Å²) in [5.74, 6) is 0.433. The molecule has 36 heavy (non-hydrogen) atoms. The summed E-state index contributed by atoms with van der Waals surface area (Å²) in [7, 11) is 5.58. The molecule has 3 N–H and O–H groups in total. The van der Waals surface area contributed by atoms with Gasteiger partial charge in [-0.1, -0.05) is 51.0 Å². The number of halogens is 1. The first-order valence-electron chi connectivity index (χ1n) is 12.8. The van der Waals surface area contributed by atoms with E-state index in [0.29, 0.717) is 5.57 Å². The maximum Gasteiger partial charge on any atom is 0.150 e. The highest BCUT2D eigenvalue weighted by atomic mass is 19.1. The molecule has 0 aliphatic carbocycles. The lowest BCUT2D eigenvalue weighted by Gasteiger charge is -2.15. The monoisotopic (exact) mass is 491 g/mol. The molecule has 0 atom stereocenters. The molecule has 0 amide bonds.